The highest BCUT2D eigenvalue weighted by atomic mass is 32.1. The van der Waals surface area contributed by atoms with Gasteiger partial charge >= 0.3 is 0 Å². The van der Waals surface area contributed by atoms with Crippen LogP contribution in [-0.4, -0.2) is 35.6 Å². The highest BCUT2D eigenvalue weighted by molar-refractivity contribution is 7.12. The fourth-order valence-electron chi connectivity index (χ4n) is 3.10. The summed E-state index contributed by atoms with van der Waals surface area (Å²) in [5, 5.41) is 3.41. The molecule has 3 atom stereocenters. The standard InChI is InChI=1S/C15H22N2O2S/c1-10-5-6-12(20-10)13-16-11(2)14(18)17(13)9-15(3)7-4-8-19-15/h5-6,11,13,16H,4,7-9H2,1-3H3. The van der Waals surface area contributed by atoms with Crippen LogP contribution in [0.2, 0.25) is 0 Å². The maximum Gasteiger partial charge on any atom is 0.241 e. The minimum Gasteiger partial charge on any atom is -0.373 e. The van der Waals surface area contributed by atoms with E-state index < -0.39 is 0 Å². The third kappa shape index (κ3) is 2.50. The average Bonchev–Trinajstić information content (AvgIpc) is 3.07. The van der Waals surface area contributed by atoms with Crippen LogP contribution in [0.1, 0.15) is 42.6 Å². The van der Waals surface area contributed by atoms with Gasteiger partial charge < -0.3 is 9.64 Å². The van der Waals surface area contributed by atoms with Crippen molar-refractivity contribution in [3.63, 3.8) is 0 Å². The van der Waals surface area contributed by atoms with Gasteiger partial charge in [0.05, 0.1) is 18.2 Å². The van der Waals surface area contributed by atoms with E-state index in [0.29, 0.717) is 6.54 Å². The number of nitrogens with zero attached hydrogens (tertiary/aromatic N) is 1. The minimum absolute atomic E-state index is 0.00257. The van der Waals surface area contributed by atoms with Crippen LogP contribution in [0, 0.1) is 6.92 Å². The van der Waals surface area contributed by atoms with Gasteiger partial charge in [0.1, 0.15) is 6.17 Å². The first-order valence-electron chi connectivity index (χ1n) is 7.25. The Morgan fingerprint density at radius 3 is 2.95 bits per heavy atom. The SMILES string of the molecule is Cc1ccc(C2NC(C)C(=O)N2CC2(C)CCCO2)s1. The summed E-state index contributed by atoms with van der Waals surface area (Å²) in [6.45, 7) is 7.63. The molecule has 0 saturated carbocycles. The number of thiophene rings is 1. The van der Waals surface area contributed by atoms with Crippen molar-refractivity contribution >= 4 is 17.2 Å². The van der Waals surface area contributed by atoms with E-state index in [9.17, 15) is 4.79 Å². The molecule has 20 heavy (non-hydrogen) atoms. The number of amides is 1. The summed E-state index contributed by atoms with van der Waals surface area (Å²) in [7, 11) is 0. The van der Waals surface area contributed by atoms with E-state index in [2.05, 4.69) is 31.3 Å². The average molecular weight is 294 g/mol. The van der Waals surface area contributed by atoms with Crippen molar-refractivity contribution in [2.45, 2.75) is 51.4 Å². The smallest absolute Gasteiger partial charge is 0.241 e. The van der Waals surface area contributed by atoms with Gasteiger partial charge in [-0.05, 0) is 45.7 Å². The van der Waals surface area contributed by atoms with Gasteiger partial charge in [0.2, 0.25) is 5.91 Å². The van der Waals surface area contributed by atoms with Crippen LogP contribution in [0.25, 0.3) is 0 Å². The van der Waals surface area contributed by atoms with Crippen molar-refractivity contribution in [2.75, 3.05) is 13.2 Å². The van der Waals surface area contributed by atoms with Crippen LogP contribution in [0.5, 0.6) is 0 Å². The molecule has 0 spiro atoms. The highest BCUT2D eigenvalue weighted by Crippen LogP contribution is 2.34. The third-order valence-corrected chi connectivity index (χ3v) is 5.26. The number of nitrogens with one attached hydrogen (secondary N) is 1. The van der Waals surface area contributed by atoms with E-state index in [-0.39, 0.29) is 23.7 Å². The van der Waals surface area contributed by atoms with Crippen LogP contribution >= 0.6 is 11.3 Å². The van der Waals surface area contributed by atoms with E-state index in [1.54, 1.807) is 11.3 Å². The first kappa shape index (κ1) is 14.0. The van der Waals surface area contributed by atoms with E-state index in [1.807, 2.05) is 11.8 Å². The fraction of sp³-hybridized carbons (Fsp3) is 0.667. The molecule has 3 unspecified atom stereocenters. The summed E-state index contributed by atoms with van der Waals surface area (Å²) in [6, 6.07) is 4.11. The second-order valence-electron chi connectivity index (χ2n) is 6.11. The van der Waals surface area contributed by atoms with Gasteiger partial charge in [-0.25, -0.2) is 0 Å². The van der Waals surface area contributed by atoms with Crippen molar-refractivity contribution in [2.24, 2.45) is 0 Å². The summed E-state index contributed by atoms with van der Waals surface area (Å²) in [5.41, 5.74) is -0.189. The topological polar surface area (TPSA) is 41.6 Å². The maximum absolute atomic E-state index is 12.4. The number of carbonyl (C=O) groups is 1. The van der Waals surface area contributed by atoms with Crippen molar-refractivity contribution in [1.82, 2.24) is 10.2 Å². The molecule has 0 radical (unpaired) electrons. The third-order valence-electron chi connectivity index (χ3n) is 4.21. The summed E-state index contributed by atoms with van der Waals surface area (Å²) >= 11 is 1.75. The molecule has 2 saturated heterocycles. The molecule has 1 aromatic heterocycles. The van der Waals surface area contributed by atoms with Crippen LogP contribution in [0.15, 0.2) is 12.1 Å². The molecule has 0 aromatic carbocycles. The van der Waals surface area contributed by atoms with Crippen LogP contribution < -0.4 is 5.32 Å². The molecule has 4 nitrogen and oxygen atoms in total. The molecule has 0 bridgehead atoms. The molecule has 110 valence electrons. The van der Waals surface area contributed by atoms with Crippen LogP contribution in [-0.2, 0) is 9.53 Å². The molecule has 5 heteroatoms. The number of rotatable bonds is 3. The number of aryl methyl sites for hydroxylation is 1. The molecule has 0 aliphatic carbocycles. The van der Waals surface area contributed by atoms with Crippen LogP contribution in [0.4, 0.5) is 0 Å². The van der Waals surface area contributed by atoms with Crippen molar-refractivity contribution < 1.29 is 9.53 Å². The lowest BCUT2D eigenvalue weighted by atomic mass is 10.0. The lowest BCUT2D eigenvalue weighted by Gasteiger charge is -2.32. The van der Waals surface area contributed by atoms with E-state index in [0.717, 1.165) is 19.4 Å². The molecule has 2 aliphatic rings. The molecule has 3 rings (SSSR count). The Labute approximate surface area is 124 Å². The first-order valence-corrected chi connectivity index (χ1v) is 8.07. The molecular weight excluding hydrogens is 272 g/mol. The molecule has 1 aromatic rings. The largest absolute Gasteiger partial charge is 0.373 e. The highest BCUT2D eigenvalue weighted by Gasteiger charge is 2.42. The zero-order valence-electron chi connectivity index (χ0n) is 12.3. The zero-order valence-corrected chi connectivity index (χ0v) is 13.1. The van der Waals surface area contributed by atoms with Gasteiger partial charge in [-0.3, -0.25) is 10.1 Å². The van der Waals surface area contributed by atoms with Gasteiger partial charge in [0.25, 0.3) is 0 Å². The molecule has 1 N–H and O–H groups in total. The second-order valence-corrected chi connectivity index (χ2v) is 7.43. The van der Waals surface area contributed by atoms with Crippen molar-refractivity contribution in [3.8, 4) is 0 Å². The quantitative estimate of drug-likeness (QED) is 0.931. The van der Waals surface area contributed by atoms with Gasteiger partial charge in [-0.15, -0.1) is 11.3 Å². The van der Waals surface area contributed by atoms with Crippen LogP contribution in [0.3, 0.4) is 0 Å². The van der Waals surface area contributed by atoms with E-state index in [4.69, 9.17) is 4.74 Å². The first-order chi connectivity index (χ1) is 9.48. The number of carbonyl (C=O) groups excluding carboxylic acids is 1. The number of ether oxygens (including phenoxy) is 1. The zero-order chi connectivity index (χ0) is 14.3. The number of hydrogen-bond donors (Lipinski definition) is 1. The summed E-state index contributed by atoms with van der Waals surface area (Å²) < 4.78 is 5.86. The van der Waals surface area contributed by atoms with Gasteiger partial charge in [0.15, 0.2) is 0 Å². The number of hydrogen-bond acceptors (Lipinski definition) is 4. The Hall–Kier alpha value is -0.910. The Morgan fingerprint density at radius 2 is 2.35 bits per heavy atom. The van der Waals surface area contributed by atoms with Crippen molar-refractivity contribution in [3.05, 3.63) is 21.9 Å². The molecule has 3 heterocycles. The lowest BCUT2D eigenvalue weighted by molar-refractivity contribution is -0.133. The predicted molar refractivity (Wildman–Crippen MR) is 79.7 cm³/mol. The van der Waals surface area contributed by atoms with E-state index in [1.165, 1.54) is 9.75 Å². The van der Waals surface area contributed by atoms with Gasteiger partial charge in [-0.2, -0.15) is 0 Å². The van der Waals surface area contributed by atoms with Gasteiger partial charge in [-0.1, -0.05) is 0 Å². The Bertz CT molecular complexity index is 508. The summed E-state index contributed by atoms with van der Waals surface area (Å²) in [4.78, 5) is 16.9. The Morgan fingerprint density at radius 1 is 1.55 bits per heavy atom. The fourth-order valence-corrected chi connectivity index (χ4v) is 4.05. The van der Waals surface area contributed by atoms with Crippen molar-refractivity contribution in [1.29, 1.82) is 0 Å². The second kappa shape index (κ2) is 5.13. The lowest BCUT2D eigenvalue weighted by Crippen LogP contribution is -2.43. The monoisotopic (exact) mass is 294 g/mol. The Kier molecular flexibility index (Phi) is 3.60. The van der Waals surface area contributed by atoms with E-state index >= 15 is 0 Å². The minimum atomic E-state index is -0.189. The summed E-state index contributed by atoms with van der Waals surface area (Å²) in [6.07, 6.45) is 2.11. The molecule has 2 aliphatic heterocycles. The Balaban J connectivity index is 1.83. The summed E-state index contributed by atoms with van der Waals surface area (Å²) in [5.74, 6) is 0.178. The maximum atomic E-state index is 12.4. The molecule has 1 amide bonds. The predicted octanol–water partition coefficient (Wildman–Crippen LogP) is 2.44. The molecular formula is C15H22N2O2S. The van der Waals surface area contributed by atoms with Gasteiger partial charge in [0, 0.05) is 16.4 Å². The molecule has 2 fully saturated rings. The normalized spacial score (nSPS) is 34.1.